The number of pyridine rings is 1. The fourth-order valence-corrected chi connectivity index (χ4v) is 2.66. The molecule has 0 radical (unpaired) electrons. The zero-order valence-electron chi connectivity index (χ0n) is 12.4. The van der Waals surface area contributed by atoms with Crippen LogP contribution in [0, 0.1) is 0 Å². The smallest absolute Gasteiger partial charge is 0.265 e. The van der Waals surface area contributed by atoms with E-state index in [0.717, 1.165) is 0 Å². The van der Waals surface area contributed by atoms with Gasteiger partial charge in [-0.3, -0.25) is 9.59 Å². The molecule has 1 heterocycles. The van der Waals surface area contributed by atoms with E-state index in [1.807, 2.05) is 0 Å². The van der Waals surface area contributed by atoms with Gasteiger partial charge in [-0.1, -0.05) is 23.2 Å². The van der Waals surface area contributed by atoms with Gasteiger partial charge in [-0.25, -0.2) is 0 Å². The van der Waals surface area contributed by atoms with Crippen LogP contribution >= 0.6 is 23.2 Å². The number of hydrogen-bond acceptors (Lipinski definition) is 4. The Hall–Kier alpha value is -2.50. The van der Waals surface area contributed by atoms with Crippen molar-refractivity contribution in [3.8, 4) is 17.2 Å². The molecule has 0 aliphatic rings. The highest BCUT2D eigenvalue weighted by Crippen LogP contribution is 2.32. The molecule has 0 unspecified atom stereocenters. The third-order valence-corrected chi connectivity index (χ3v) is 4.36. The highest BCUT2D eigenvalue weighted by atomic mass is 35.5. The van der Waals surface area contributed by atoms with Crippen molar-refractivity contribution in [2.75, 3.05) is 0 Å². The van der Waals surface area contributed by atoms with Gasteiger partial charge >= 0.3 is 0 Å². The molecule has 5 nitrogen and oxygen atoms in total. The standard InChI is InChI=1S/C17H11Cl2NO4/c1-20-15-7-10(24-9-3-5-13(18)14(19)6-9)2-4-11(15)16(22)12(8-21)17(20)23/h2-8,22H,1H3. The first-order valence-electron chi connectivity index (χ1n) is 6.86. The molecule has 0 aliphatic heterocycles. The number of nitrogens with zero attached hydrogens (tertiary/aromatic N) is 1. The zero-order valence-corrected chi connectivity index (χ0v) is 13.9. The summed E-state index contributed by atoms with van der Waals surface area (Å²) < 4.78 is 6.98. The summed E-state index contributed by atoms with van der Waals surface area (Å²) in [5, 5.41) is 11.2. The molecule has 2 aromatic carbocycles. The molecular formula is C17H11Cl2NO4. The summed E-state index contributed by atoms with van der Waals surface area (Å²) in [6.45, 7) is 0. The minimum absolute atomic E-state index is 0.275. The third kappa shape index (κ3) is 2.72. The summed E-state index contributed by atoms with van der Waals surface area (Å²) in [4.78, 5) is 23.1. The molecule has 0 fully saturated rings. The summed E-state index contributed by atoms with van der Waals surface area (Å²) in [7, 11) is 1.51. The molecule has 0 spiro atoms. The van der Waals surface area contributed by atoms with Crippen molar-refractivity contribution in [3.63, 3.8) is 0 Å². The van der Waals surface area contributed by atoms with E-state index in [9.17, 15) is 14.7 Å². The van der Waals surface area contributed by atoms with E-state index in [2.05, 4.69) is 0 Å². The molecule has 3 aromatic rings. The van der Waals surface area contributed by atoms with Gasteiger partial charge < -0.3 is 14.4 Å². The monoisotopic (exact) mass is 363 g/mol. The summed E-state index contributed by atoms with van der Waals surface area (Å²) in [5.41, 5.74) is -0.425. The quantitative estimate of drug-likeness (QED) is 0.709. The van der Waals surface area contributed by atoms with Gasteiger partial charge in [0.2, 0.25) is 0 Å². The van der Waals surface area contributed by atoms with Crippen LogP contribution in [0.3, 0.4) is 0 Å². The average molecular weight is 364 g/mol. The SMILES string of the molecule is Cn1c(=O)c(C=O)c(O)c2ccc(Oc3ccc(Cl)c(Cl)c3)cc21. The van der Waals surface area contributed by atoms with E-state index in [-0.39, 0.29) is 11.3 Å². The second kappa shape index (κ2) is 6.19. The predicted octanol–water partition coefficient (Wildman–Crippen LogP) is 4.16. The molecule has 3 rings (SSSR count). The topological polar surface area (TPSA) is 68.5 Å². The predicted molar refractivity (Wildman–Crippen MR) is 92.8 cm³/mol. The lowest BCUT2D eigenvalue weighted by atomic mass is 10.1. The maximum absolute atomic E-state index is 12.1. The van der Waals surface area contributed by atoms with Gasteiger partial charge in [0.15, 0.2) is 6.29 Å². The van der Waals surface area contributed by atoms with E-state index >= 15 is 0 Å². The van der Waals surface area contributed by atoms with E-state index in [1.54, 1.807) is 36.4 Å². The Labute approximate surface area is 146 Å². The Balaban J connectivity index is 2.11. The minimum atomic E-state index is -0.582. The third-order valence-electron chi connectivity index (χ3n) is 3.62. The number of halogens is 2. The van der Waals surface area contributed by atoms with E-state index < -0.39 is 5.56 Å². The Bertz CT molecular complexity index is 1030. The van der Waals surface area contributed by atoms with E-state index in [4.69, 9.17) is 27.9 Å². The number of aromatic nitrogens is 1. The summed E-state index contributed by atoms with van der Waals surface area (Å²) >= 11 is 11.8. The van der Waals surface area contributed by atoms with Gasteiger partial charge in [0, 0.05) is 24.6 Å². The first-order chi connectivity index (χ1) is 11.4. The number of ether oxygens (including phenoxy) is 1. The molecule has 7 heteroatoms. The van der Waals surface area contributed by atoms with Crippen LogP contribution in [-0.4, -0.2) is 16.0 Å². The minimum Gasteiger partial charge on any atom is -0.506 e. The lowest BCUT2D eigenvalue weighted by Crippen LogP contribution is -2.21. The molecule has 24 heavy (non-hydrogen) atoms. The molecular weight excluding hydrogens is 353 g/mol. The second-order valence-corrected chi connectivity index (χ2v) is 5.92. The summed E-state index contributed by atoms with van der Waals surface area (Å²) in [6.07, 6.45) is 0.344. The van der Waals surface area contributed by atoms with Crippen molar-refractivity contribution >= 4 is 40.4 Å². The number of benzene rings is 2. The normalized spacial score (nSPS) is 10.8. The fraction of sp³-hybridized carbons (Fsp3) is 0.0588. The van der Waals surface area contributed by atoms with Gasteiger partial charge in [0.25, 0.3) is 5.56 Å². The van der Waals surface area contributed by atoms with Crippen LogP contribution in [-0.2, 0) is 7.05 Å². The number of rotatable bonds is 3. The molecule has 0 atom stereocenters. The summed E-state index contributed by atoms with van der Waals surface area (Å²) in [5.74, 6) is 0.570. The van der Waals surface area contributed by atoms with Gasteiger partial charge in [-0.15, -0.1) is 0 Å². The van der Waals surface area contributed by atoms with E-state index in [0.29, 0.717) is 38.7 Å². The van der Waals surface area contributed by atoms with Crippen LogP contribution < -0.4 is 10.3 Å². The molecule has 122 valence electrons. The number of fused-ring (bicyclic) bond motifs is 1. The molecule has 0 bridgehead atoms. The number of aldehydes is 1. The molecule has 1 N–H and O–H groups in total. The number of carbonyl (C=O) groups excluding carboxylic acids is 1. The second-order valence-electron chi connectivity index (χ2n) is 5.10. The van der Waals surface area contributed by atoms with Crippen LogP contribution in [0.4, 0.5) is 0 Å². The fourth-order valence-electron chi connectivity index (χ4n) is 2.37. The van der Waals surface area contributed by atoms with Gasteiger partial charge in [-0.05, 0) is 24.3 Å². The van der Waals surface area contributed by atoms with Crippen LogP contribution in [0.1, 0.15) is 10.4 Å². The number of aryl methyl sites for hydroxylation is 1. The van der Waals surface area contributed by atoms with Crippen LogP contribution in [0.2, 0.25) is 10.0 Å². The van der Waals surface area contributed by atoms with Crippen LogP contribution in [0.15, 0.2) is 41.2 Å². The largest absolute Gasteiger partial charge is 0.506 e. The molecule has 0 saturated heterocycles. The molecule has 0 amide bonds. The Morgan fingerprint density at radius 2 is 1.75 bits per heavy atom. The van der Waals surface area contributed by atoms with Crippen molar-refractivity contribution in [3.05, 3.63) is 62.4 Å². The molecule has 1 aromatic heterocycles. The van der Waals surface area contributed by atoms with Gasteiger partial charge in [0.05, 0.1) is 15.6 Å². The van der Waals surface area contributed by atoms with E-state index in [1.165, 1.54) is 11.6 Å². The first kappa shape index (κ1) is 16.4. The van der Waals surface area contributed by atoms with Crippen LogP contribution in [0.25, 0.3) is 10.9 Å². The maximum Gasteiger partial charge on any atom is 0.265 e. The van der Waals surface area contributed by atoms with Crippen LogP contribution in [0.5, 0.6) is 17.2 Å². The van der Waals surface area contributed by atoms with Gasteiger partial charge in [0.1, 0.15) is 22.8 Å². The Morgan fingerprint density at radius 1 is 1.08 bits per heavy atom. The van der Waals surface area contributed by atoms with Crippen molar-refractivity contribution in [2.24, 2.45) is 7.05 Å². The van der Waals surface area contributed by atoms with Crippen molar-refractivity contribution in [1.82, 2.24) is 4.57 Å². The first-order valence-corrected chi connectivity index (χ1v) is 7.61. The Morgan fingerprint density at radius 3 is 2.42 bits per heavy atom. The molecule has 0 aliphatic carbocycles. The average Bonchev–Trinajstić information content (AvgIpc) is 2.57. The summed E-state index contributed by atoms with van der Waals surface area (Å²) in [6, 6.07) is 9.61. The highest BCUT2D eigenvalue weighted by Gasteiger charge is 2.14. The number of aromatic hydroxyl groups is 1. The lowest BCUT2D eigenvalue weighted by Gasteiger charge is -2.12. The number of hydrogen-bond donors (Lipinski definition) is 1. The molecule has 0 saturated carbocycles. The van der Waals surface area contributed by atoms with Crippen molar-refractivity contribution in [1.29, 1.82) is 0 Å². The number of carbonyl (C=O) groups is 1. The van der Waals surface area contributed by atoms with Crippen molar-refractivity contribution in [2.45, 2.75) is 0 Å². The Kier molecular flexibility index (Phi) is 4.22. The van der Waals surface area contributed by atoms with Gasteiger partial charge in [-0.2, -0.15) is 0 Å². The highest BCUT2D eigenvalue weighted by molar-refractivity contribution is 6.42. The van der Waals surface area contributed by atoms with Crippen molar-refractivity contribution < 1.29 is 14.6 Å². The zero-order chi connectivity index (χ0) is 17.4. The maximum atomic E-state index is 12.1. The lowest BCUT2D eigenvalue weighted by molar-refractivity contribution is 0.111.